The third-order valence-corrected chi connectivity index (χ3v) is 5.71. The molecule has 0 spiro atoms. The van der Waals surface area contributed by atoms with Crippen LogP contribution in [0, 0.1) is 0 Å². The van der Waals surface area contributed by atoms with Gasteiger partial charge in [0.25, 0.3) is 0 Å². The Morgan fingerprint density at radius 1 is 1.17 bits per heavy atom. The molecule has 1 amide bonds. The minimum Gasteiger partial charge on any atom is -0.494 e. The fourth-order valence-corrected chi connectivity index (χ4v) is 4.11. The van der Waals surface area contributed by atoms with E-state index in [1.54, 1.807) is 24.3 Å². The summed E-state index contributed by atoms with van der Waals surface area (Å²) in [5.74, 6) is -0.640. The van der Waals surface area contributed by atoms with Gasteiger partial charge in [-0.15, -0.1) is 0 Å². The van der Waals surface area contributed by atoms with Gasteiger partial charge in [0.15, 0.2) is 0 Å². The van der Waals surface area contributed by atoms with Crippen molar-refractivity contribution < 1.29 is 27.5 Å². The van der Waals surface area contributed by atoms with Gasteiger partial charge in [-0.2, -0.15) is 0 Å². The van der Waals surface area contributed by atoms with Crippen molar-refractivity contribution in [2.45, 2.75) is 19.9 Å². The maximum Gasteiger partial charge on any atom is 0.337 e. The van der Waals surface area contributed by atoms with E-state index in [-0.39, 0.29) is 16.3 Å². The third kappa shape index (κ3) is 5.64. The third-order valence-electron chi connectivity index (χ3n) is 4.14. The fraction of sp³-hybridized carbons (Fsp3) is 0.300. The Morgan fingerprint density at radius 3 is 2.33 bits per heavy atom. The topological polar surface area (TPSA) is 102 Å². The number of ether oxygens (including phenoxy) is 2. The van der Waals surface area contributed by atoms with Crippen LogP contribution in [0.5, 0.6) is 5.75 Å². The van der Waals surface area contributed by atoms with Gasteiger partial charge in [0.05, 0.1) is 41.9 Å². The van der Waals surface area contributed by atoms with E-state index < -0.39 is 27.9 Å². The minimum absolute atomic E-state index is 0.163. The summed E-state index contributed by atoms with van der Waals surface area (Å²) in [4.78, 5) is 24.5. The lowest BCUT2D eigenvalue weighted by Gasteiger charge is -2.28. The molecular weight excluding hydrogens is 432 g/mol. The largest absolute Gasteiger partial charge is 0.494 e. The van der Waals surface area contributed by atoms with Crippen LogP contribution in [0.4, 0.5) is 11.4 Å². The first-order chi connectivity index (χ1) is 14.1. The molecular formula is C20H23ClN2O6S. The molecule has 162 valence electrons. The molecule has 2 aromatic carbocycles. The molecule has 0 radical (unpaired) electrons. The highest BCUT2D eigenvalue weighted by Gasteiger charge is 2.29. The Labute approximate surface area is 180 Å². The van der Waals surface area contributed by atoms with Crippen molar-refractivity contribution in [3.05, 3.63) is 53.1 Å². The van der Waals surface area contributed by atoms with Crippen LogP contribution < -0.4 is 14.4 Å². The maximum absolute atomic E-state index is 12.8. The van der Waals surface area contributed by atoms with Crippen LogP contribution in [-0.4, -0.2) is 46.3 Å². The number of benzene rings is 2. The van der Waals surface area contributed by atoms with Gasteiger partial charge in [-0.25, -0.2) is 13.2 Å². The first kappa shape index (κ1) is 23.5. The van der Waals surface area contributed by atoms with E-state index in [1.165, 1.54) is 32.2 Å². The number of nitrogens with one attached hydrogen (secondary N) is 1. The molecule has 1 atom stereocenters. The van der Waals surface area contributed by atoms with E-state index >= 15 is 0 Å². The Morgan fingerprint density at radius 2 is 1.80 bits per heavy atom. The number of carbonyl (C=O) groups is 2. The Hall–Kier alpha value is -2.78. The molecule has 0 bridgehead atoms. The SMILES string of the molecule is CCOc1ccc(N([C@@H](C)C(=O)Nc2cc(C(=O)OC)ccc2Cl)S(C)(=O)=O)cc1. The molecule has 0 saturated carbocycles. The predicted octanol–water partition coefficient (Wildman–Crippen LogP) is 3.32. The zero-order chi connectivity index (χ0) is 22.5. The van der Waals surface area contributed by atoms with Gasteiger partial charge in [-0.05, 0) is 56.3 Å². The highest BCUT2D eigenvalue weighted by molar-refractivity contribution is 7.92. The van der Waals surface area contributed by atoms with E-state index in [0.29, 0.717) is 18.0 Å². The number of esters is 1. The van der Waals surface area contributed by atoms with Gasteiger partial charge in [0.1, 0.15) is 11.8 Å². The molecule has 30 heavy (non-hydrogen) atoms. The van der Waals surface area contributed by atoms with Crippen LogP contribution in [0.2, 0.25) is 5.02 Å². The van der Waals surface area contributed by atoms with Crippen LogP contribution in [0.25, 0.3) is 0 Å². The lowest BCUT2D eigenvalue weighted by molar-refractivity contribution is -0.116. The minimum atomic E-state index is -3.79. The Bertz CT molecular complexity index is 1020. The first-order valence-electron chi connectivity index (χ1n) is 8.99. The van der Waals surface area contributed by atoms with Crippen molar-refractivity contribution in [2.24, 2.45) is 0 Å². The second-order valence-electron chi connectivity index (χ2n) is 6.34. The number of halogens is 1. The van der Waals surface area contributed by atoms with Crippen LogP contribution in [0.3, 0.4) is 0 Å². The summed E-state index contributed by atoms with van der Waals surface area (Å²) in [5, 5.41) is 2.76. The molecule has 10 heteroatoms. The molecule has 1 N–H and O–H groups in total. The molecule has 2 aromatic rings. The smallest absolute Gasteiger partial charge is 0.337 e. The lowest BCUT2D eigenvalue weighted by atomic mass is 10.2. The number of hydrogen-bond acceptors (Lipinski definition) is 6. The zero-order valence-corrected chi connectivity index (χ0v) is 18.6. The summed E-state index contributed by atoms with van der Waals surface area (Å²) >= 11 is 6.11. The Kier molecular flexibility index (Phi) is 7.69. The molecule has 0 aliphatic heterocycles. The number of amides is 1. The van der Waals surface area contributed by atoms with Gasteiger partial charge < -0.3 is 14.8 Å². The van der Waals surface area contributed by atoms with E-state index in [9.17, 15) is 18.0 Å². The second kappa shape index (κ2) is 9.82. The molecule has 8 nitrogen and oxygen atoms in total. The zero-order valence-electron chi connectivity index (χ0n) is 17.0. The molecule has 0 aliphatic rings. The van der Waals surface area contributed by atoms with Gasteiger partial charge in [-0.3, -0.25) is 9.10 Å². The molecule has 0 aliphatic carbocycles. The average molecular weight is 455 g/mol. The quantitative estimate of drug-likeness (QED) is 0.614. The molecule has 0 saturated heterocycles. The average Bonchev–Trinajstić information content (AvgIpc) is 2.69. The summed E-state index contributed by atoms with van der Waals surface area (Å²) in [7, 11) is -2.56. The molecule has 0 fully saturated rings. The van der Waals surface area contributed by atoms with Crippen LogP contribution in [0.1, 0.15) is 24.2 Å². The summed E-state index contributed by atoms with van der Waals surface area (Å²) in [6.07, 6.45) is 1.01. The van der Waals surface area contributed by atoms with Crippen molar-refractivity contribution in [2.75, 3.05) is 29.6 Å². The van der Waals surface area contributed by atoms with Gasteiger partial charge >= 0.3 is 5.97 Å². The van der Waals surface area contributed by atoms with Crippen molar-refractivity contribution >= 4 is 44.9 Å². The number of rotatable bonds is 8. The van der Waals surface area contributed by atoms with Crippen LogP contribution >= 0.6 is 11.6 Å². The highest BCUT2D eigenvalue weighted by Crippen LogP contribution is 2.27. The van der Waals surface area contributed by atoms with Crippen molar-refractivity contribution in [3.63, 3.8) is 0 Å². The molecule has 0 heterocycles. The van der Waals surface area contributed by atoms with E-state index in [2.05, 4.69) is 10.1 Å². The van der Waals surface area contributed by atoms with Crippen LogP contribution in [-0.2, 0) is 19.6 Å². The molecule has 0 unspecified atom stereocenters. The number of methoxy groups -OCH3 is 1. The number of nitrogens with zero attached hydrogens (tertiary/aromatic N) is 1. The maximum atomic E-state index is 12.8. The van der Waals surface area contributed by atoms with Crippen molar-refractivity contribution in [1.29, 1.82) is 0 Å². The van der Waals surface area contributed by atoms with Gasteiger partial charge in [-0.1, -0.05) is 11.6 Å². The predicted molar refractivity (Wildman–Crippen MR) is 116 cm³/mol. The van der Waals surface area contributed by atoms with Crippen LogP contribution in [0.15, 0.2) is 42.5 Å². The number of sulfonamides is 1. The number of anilines is 2. The summed E-state index contributed by atoms with van der Waals surface area (Å²) in [6.45, 7) is 3.76. The lowest BCUT2D eigenvalue weighted by Crippen LogP contribution is -2.45. The number of carbonyl (C=O) groups excluding carboxylic acids is 2. The number of hydrogen-bond donors (Lipinski definition) is 1. The van der Waals surface area contributed by atoms with E-state index in [1.807, 2.05) is 6.92 Å². The van der Waals surface area contributed by atoms with Gasteiger partial charge in [0.2, 0.25) is 15.9 Å². The highest BCUT2D eigenvalue weighted by atomic mass is 35.5. The normalized spacial score (nSPS) is 12.0. The summed E-state index contributed by atoms with van der Waals surface area (Å²) < 4.78 is 35.9. The molecule has 2 rings (SSSR count). The van der Waals surface area contributed by atoms with E-state index in [4.69, 9.17) is 16.3 Å². The standard InChI is InChI=1S/C20H23ClN2O6S/c1-5-29-16-9-7-15(8-10-16)23(30(4,26)27)13(2)19(24)22-18-12-14(20(25)28-3)6-11-17(18)21/h6-13H,5H2,1-4H3,(H,22,24)/t13-/m0/s1. The summed E-state index contributed by atoms with van der Waals surface area (Å²) in [6, 6.07) is 9.51. The fourth-order valence-electron chi connectivity index (χ4n) is 2.77. The van der Waals surface area contributed by atoms with Gasteiger partial charge in [0, 0.05) is 0 Å². The monoisotopic (exact) mass is 454 g/mol. The van der Waals surface area contributed by atoms with Crippen molar-refractivity contribution in [3.8, 4) is 5.75 Å². The van der Waals surface area contributed by atoms with E-state index in [0.717, 1.165) is 10.6 Å². The molecule has 0 aromatic heterocycles. The first-order valence-corrected chi connectivity index (χ1v) is 11.2. The summed E-state index contributed by atoms with van der Waals surface area (Å²) in [5.41, 5.74) is 0.658. The van der Waals surface area contributed by atoms with Crippen molar-refractivity contribution in [1.82, 2.24) is 0 Å². The second-order valence-corrected chi connectivity index (χ2v) is 8.60. The Balaban J connectivity index is 2.32.